The number of fused-ring (bicyclic) bond motifs is 4. The largest absolute Gasteiger partial charge is 0.550 e. The maximum atomic E-state index is 12.5. The molecule has 4 saturated heterocycles. The van der Waals surface area contributed by atoms with Gasteiger partial charge in [0.15, 0.2) is 0 Å². The van der Waals surface area contributed by atoms with Crippen molar-refractivity contribution in [1.82, 2.24) is 14.7 Å². The van der Waals surface area contributed by atoms with Crippen LogP contribution >= 0.6 is 0 Å². The van der Waals surface area contributed by atoms with E-state index in [1.807, 2.05) is 13.1 Å². The molecule has 6 aliphatic rings. The summed E-state index contributed by atoms with van der Waals surface area (Å²) in [6.45, 7) is 6.17. The van der Waals surface area contributed by atoms with Crippen LogP contribution in [0.25, 0.3) is 0 Å². The number of carbonyl (C=O) groups is 4. The van der Waals surface area contributed by atoms with E-state index in [2.05, 4.69) is 11.9 Å². The number of aliphatic carboxylic acids is 2. The first-order valence-electron chi connectivity index (χ1n) is 13.3. The van der Waals surface area contributed by atoms with E-state index in [1.165, 1.54) is 4.90 Å². The second kappa shape index (κ2) is 11.7. The number of carboxylic acids is 2. The number of likely N-dealkylation sites (N-methyl/N-ethyl adjacent to an activating group) is 2. The lowest BCUT2D eigenvalue weighted by molar-refractivity contribution is -0.883. The quantitative estimate of drug-likeness (QED) is 0.346. The van der Waals surface area contributed by atoms with Crippen molar-refractivity contribution in [2.24, 2.45) is 23.7 Å². The predicted octanol–water partition coefficient (Wildman–Crippen LogP) is -3.29. The van der Waals surface area contributed by atoms with Crippen molar-refractivity contribution in [3.63, 3.8) is 0 Å². The standard InChI is InChI=1S/2C13H18N2O4.CH4/c2*1-14-4-6-15(7-5-14)12(16)10-8-2-3-9(19-8)11(10)13(17)18;/h2*2-3,8-11H,4-7H2,1H3,(H,17,18);1H4/t2*8-,9+,10?,11?;/m00./s1. The van der Waals surface area contributed by atoms with Crippen LogP contribution in [-0.4, -0.2) is 134 Å². The normalized spacial score (nSPS) is 36.9. The second-order valence-electron chi connectivity index (χ2n) is 11.1. The Balaban J connectivity index is 0.000000176. The zero-order valence-electron chi connectivity index (χ0n) is 21.7. The Hall–Kier alpha value is -2.80. The monoisotopic (exact) mass is 548 g/mol. The molecule has 0 aliphatic carbocycles. The number of piperazine rings is 2. The summed E-state index contributed by atoms with van der Waals surface area (Å²) in [6.07, 6.45) is 5.41. The van der Waals surface area contributed by atoms with E-state index in [4.69, 9.17) is 9.47 Å². The molecule has 0 aromatic heterocycles. The van der Waals surface area contributed by atoms with Crippen molar-refractivity contribution in [2.45, 2.75) is 31.8 Å². The van der Waals surface area contributed by atoms with Gasteiger partial charge in [-0.1, -0.05) is 31.7 Å². The number of carboxylic acid groups (broad SMARTS) is 2. The molecule has 6 rings (SSSR count). The highest BCUT2D eigenvalue weighted by Crippen LogP contribution is 2.41. The lowest BCUT2D eigenvalue weighted by Gasteiger charge is -2.35. The zero-order valence-corrected chi connectivity index (χ0v) is 21.7. The fraction of sp³-hybridized carbons (Fsp3) is 0.704. The zero-order chi connectivity index (χ0) is 27.1. The molecule has 4 unspecified atom stereocenters. The average Bonchev–Trinajstić information content (AvgIpc) is 3.70. The van der Waals surface area contributed by atoms with E-state index in [9.17, 15) is 29.4 Å². The molecule has 0 radical (unpaired) electrons. The SMILES string of the molecule is C.CN1CCN(C(=O)C2C(C(=O)O)[C@H]3C=C[C@@H]2O3)CC1.C[NH+]1CCN(C(=O)C2C(C(=O)[O-])[C@H]3C=C[C@@H]2O3)CC1. The summed E-state index contributed by atoms with van der Waals surface area (Å²) in [5, 5.41) is 20.5. The molecule has 2 amide bonds. The minimum Gasteiger partial charge on any atom is -0.550 e. The van der Waals surface area contributed by atoms with Gasteiger partial charge < -0.3 is 44.1 Å². The molecule has 4 bridgehead atoms. The molecule has 6 heterocycles. The highest BCUT2D eigenvalue weighted by Gasteiger charge is 2.54. The molecule has 0 aromatic rings. The van der Waals surface area contributed by atoms with Gasteiger partial charge >= 0.3 is 5.97 Å². The van der Waals surface area contributed by atoms with Crippen LogP contribution < -0.4 is 10.0 Å². The van der Waals surface area contributed by atoms with E-state index in [0.29, 0.717) is 26.2 Å². The smallest absolute Gasteiger partial charge is 0.310 e. The summed E-state index contributed by atoms with van der Waals surface area (Å²) in [4.78, 5) is 54.8. The predicted molar refractivity (Wildman–Crippen MR) is 136 cm³/mol. The van der Waals surface area contributed by atoms with Crippen molar-refractivity contribution >= 4 is 23.8 Å². The van der Waals surface area contributed by atoms with E-state index in [0.717, 1.165) is 26.2 Å². The van der Waals surface area contributed by atoms with Crippen LogP contribution in [0, 0.1) is 23.7 Å². The van der Waals surface area contributed by atoms with E-state index in [-0.39, 0.29) is 25.3 Å². The van der Waals surface area contributed by atoms with Crippen LogP contribution in [0.4, 0.5) is 0 Å². The third-order valence-electron chi connectivity index (χ3n) is 8.67. The van der Waals surface area contributed by atoms with Crippen LogP contribution in [-0.2, 0) is 28.7 Å². The summed E-state index contributed by atoms with van der Waals surface area (Å²) in [7, 11) is 4.11. The summed E-state index contributed by atoms with van der Waals surface area (Å²) in [6, 6.07) is 0. The van der Waals surface area contributed by atoms with Crippen molar-refractivity contribution < 1.29 is 43.8 Å². The molecular formula is C27H40N4O8. The lowest BCUT2D eigenvalue weighted by atomic mass is 9.82. The van der Waals surface area contributed by atoms with Gasteiger partial charge in [0.25, 0.3) is 0 Å². The molecule has 216 valence electrons. The number of ether oxygens (including phenoxy) is 2. The molecule has 39 heavy (non-hydrogen) atoms. The first-order valence-corrected chi connectivity index (χ1v) is 13.3. The van der Waals surface area contributed by atoms with Gasteiger partial charge in [-0.3, -0.25) is 14.4 Å². The number of rotatable bonds is 4. The van der Waals surface area contributed by atoms with Crippen LogP contribution in [0.3, 0.4) is 0 Å². The number of amides is 2. The first kappa shape index (κ1) is 29.2. The highest BCUT2D eigenvalue weighted by molar-refractivity contribution is 5.88. The molecule has 2 N–H and O–H groups in total. The molecule has 4 fully saturated rings. The van der Waals surface area contributed by atoms with Crippen molar-refractivity contribution in [3.8, 4) is 0 Å². The Morgan fingerprint density at radius 1 is 0.744 bits per heavy atom. The van der Waals surface area contributed by atoms with E-state index >= 15 is 0 Å². The van der Waals surface area contributed by atoms with Crippen LogP contribution in [0.1, 0.15) is 7.43 Å². The van der Waals surface area contributed by atoms with Crippen LogP contribution in [0.15, 0.2) is 24.3 Å². The van der Waals surface area contributed by atoms with Crippen molar-refractivity contribution in [3.05, 3.63) is 24.3 Å². The number of quaternary nitrogens is 1. The van der Waals surface area contributed by atoms with Gasteiger partial charge in [0.1, 0.15) is 5.92 Å². The minimum atomic E-state index is -1.19. The molecule has 8 atom stereocenters. The van der Waals surface area contributed by atoms with Gasteiger partial charge in [0.05, 0.1) is 69.5 Å². The third-order valence-corrected chi connectivity index (χ3v) is 8.67. The Morgan fingerprint density at radius 2 is 1.15 bits per heavy atom. The van der Waals surface area contributed by atoms with Crippen molar-refractivity contribution in [1.29, 1.82) is 0 Å². The van der Waals surface area contributed by atoms with Gasteiger partial charge in [0.2, 0.25) is 11.8 Å². The van der Waals surface area contributed by atoms with E-state index in [1.54, 1.807) is 28.0 Å². The summed E-state index contributed by atoms with van der Waals surface area (Å²) >= 11 is 0. The second-order valence-corrected chi connectivity index (χ2v) is 11.1. The molecule has 0 spiro atoms. The Labute approximate surface area is 228 Å². The number of nitrogens with zero attached hydrogens (tertiary/aromatic N) is 3. The lowest BCUT2D eigenvalue weighted by Crippen LogP contribution is -3.12. The average molecular weight is 549 g/mol. The Kier molecular flexibility index (Phi) is 8.79. The number of hydrogen-bond donors (Lipinski definition) is 2. The molecule has 0 aromatic carbocycles. The van der Waals surface area contributed by atoms with Gasteiger partial charge in [-0.05, 0) is 7.05 Å². The summed E-state index contributed by atoms with van der Waals surface area (Å²) in [5.41, 5.74) is 0. The number of nitrogens with one attached hydrogen (secondary N) is 1. The Bertz CT molecular complexity index is 937. The van der Waals surface area contributed by atoms with Gasteiger partial charge in [-0.2, -0.15) is 0 Å². The minimum absolute atomic E-state index is 0. The molecule has 0 saturated carbocycles. The van der Waals surface area contributed by atoms with Gasteiger partial charge in [0, 0.05) is 38.1 Å². The first-order chi connectivity index (χ1) is 18.2. The summed E-state index contributed by atoms with van der Waals surface area (Å²) in [5.74, 6) is -5.04. The maximum absolute atomic E-state index is 12.5. The highest BCUT2D eigenvalue weighted by atomic mass is 16.5. The number of carbonyl (C=O) groups excluding carboxylic acids is 3. The molecule has 12 nitrogen and oxygen atoms in total. The summed E-state index contributed by atoms with van der Waals surface area (Å²) < 4.78 is 11.0. The van der Waals surface area contributed by atoms with E-state index < -0.39 is 53.9 Å². The topological polar surface area (TPSA) is 144 Å². The third kappa shape index (κ3) is 5.60. The molecular weight excluding hydrogens is 508 g/mol. The number of hydrogen-bond acceptors (Lipinski definition) is 8. The van der Waals surface area contributed by atoms with Crippen LogP contribution in [0.5, 0.6) is 0 Å². The van der Waals surface area contributed by atoms with Crippen LogP contribution in [0.2, 0.25) is 0 Å². The fourth-order valence-electron chi connectivity index (χ4n) is 6.34. The van der Waals surface area contributed by atoms with Crippen molar-refractivity contribution in [2.75, 3.05) is 66.5 Å². The molecule has 12 heteroatoms. The maximum Gasteiger partial charge on any atom is 0.310 e. The Morgan fingerprint density at radius 3 is 1.62 bits per heavy atom. The van der Waals surface area contributed by atoms with Gasteiger partial charge in [-0.25, -0.2) is 0 Å². The fourth-order valence-corrected chi connectivity index (χ4v) is 6.34. The molecule has 6 aliphatic heterocycles. The van der Waals surface area contributed by atoms with Gasteiger partial charge in [-0.15, -0.1) is 0 Å².